The van der Waals surface area contributed by atoms with E-state index in [1.165, 1.54) is 0 Å². The fourth-order valence-corrected chi connectivity index (χ4v) is 2.01. The molecule has 0 aromatic carbocycles. The van der Waals surface area contributed by atoms with Gasteiger partial charge < -0.3 is 14.6 Å². The molecule has 0 aromatic rings. The van der Waals surface area contributed by atoms with Crippen molar-refractivity contribution in [1.29, 1.82) is 0 Å². The van der Waals surface area contributed by atoms with Gasteiger partial charge in [-0.05, 0) is 32.8 Å². The van der Waals surface area contributed by atoms with Crippen LogP contribution in [-0.4, -0.2) is 29.2 Å². The fourth-order valence-electron chi connectivity index (χ4n) is 2.01. The zero-order chi connectivity index (χ0) is 10.2. The van der Waals surface area contributed by atoms with Gasteiger partial charge in [0.1, 0.15) is 6.10 Å². The summed E-state index contributed by atoms with van der Waals surface area (Å²) >= 11 is 0. The summed E-state index contributed by atoms with van der Waals surface area (Å²) in [5.41, 5.74) is -0.550. The van der Waals surface area contributed by atoms with Gasteiger partial charge in [-0.1, -0.05) is 6.08 Å². The Bertz CT molecular complexity index is 239. The first-order valence-corrected chi connectivity index (χ1v) is 5.26. The smallest absolute Gasteiger partial charge is 0.188 e. The highest BCUT2D eigenvalue weighted by Crippen LogP contribution is 2.37. The summed E-state index contributed by atoms with van der Waals surface area (Å²) in [6, 6.07) is 0. The predicted molar refractivity (Wildman–Crippen MR) is 52.8 cm³/mol. The van der Waals surface area contributed by atoms with E-state index in [0.29, 0.717) is 0 Å². The maximum Gasteiger partial charge on any atom is 0.188 e. The van der Waals surface area contributed by atoms with E-state index in [-0.39, 0.29) is 0 Å². The van der Waals surface area contributed by atoms with Crippen molar-refractivity contribution in [3.8, 4) is 0 Å². The van der Waals surface area contributed by atoms with Crippen molar-refractivity contribution >= 4 is 0 Å². The van der Waals surface area contributed by atoms with E-state index in [1.807, 2.05) is 19.9 Å². The quantitative estimate of drug-likeness (QED) is 0.601. The molecule has 2 aliphatic heterocycles. The Morgan fingerprint density at radius 1 is 1.36 bits per heavy atom. The third-order valence-electron chi connectivity index (χ3n) is 2.95. The molecule has 0 saturated carbocycles. The number of rotatable bonds is 0. The van der Waals surface area contributed by atoms with Crippen molar-refractivity contribution in [2.45, 2.75) is 50.6 Å². The molecule has 0 bridgehead atoms. The van der Waals surface area contributed by atoms with Gasteiger partial charge in [0.05, 0.1) is 12.2 Å². The van der Waals surface area contributed by atoms with E-state index < -0.39 is 17.5 Å². The van der Waals surface area contributed by atoms with E-state index in [1.54, 1.807) is 6.08 Å². The maximum atomic E-state index is 9.68. The number of hydrogen-bond acceptors (Lipinski definition) is 3. The molecule has 3 heteroatoms. The van der Waals surface area contributed by atoms with E-state index in [0.717, 1.165) is 25.9 Å². The summed E-state index contributed by atoms with van der Waals surface area (Å²) in [6.45, 7) is 4.53. The molecule has 1 saturated heterocycles. The Labute approximate surface area is 84.7 Å². The lowest BCUT2D eigenvalue weighted by atomic mass is 9.93. The van der Waals surface area contributed by atoms with Crippen molar-refractivity contribution < 1.29 is 14.6 Å². The first-order chi connectivity index (χ1) is 6.54. The molecular weight excluding hydrogens is 180 g/mol. The molecule has 1 N–H and O–H groups in total. The van der Waals surface area contributed by atoms with Gasteiger partial charge in [-0.25, -0.2) is 0 Å². The van der Waals surface area contributed by atoms with Crippen LogP contribution in [0, 0.1) is 0 Å². The third kappa shape index (κ3) is 1.72. The maximum absolute atomic E-state index is 9.68. The average Bonchev–Trinajstić information content (AvgIpc) is 2.13. The van der Waals surface area contributed by atoms with E-state index in [2.05, 4.69) is 0 Å². The van der Waals surface area contributed by atoms with Gasteiger partial charge in [0.15, 0.2) is 5.79 Å². The Hall–Kier alpha value is -0.380. The molecule has 0 aliphatic carbocycles. The zero-order valence-electron chi connectivity index (χ0n) is 8.82. The van der Waals surface area contributed by atoms with Crippen LogP contribution in [0.5, 0.6) is 0 Å². The zero-order valence-corrected chi connectivity index (χ0v) is 8.82. The number of hydrogen-bond donors (Lipinski definition) is 1. The number of aliphatic hydroxyl groups excluding tert-OH is 1. The van der Waals surface area contributed by atoms with Crippen molar-refractivity contribution in [2.24, 2.45) is 0 Å². The van der Waals surface area contributed by atoms with Crippen molar-refractivity contribution in [3.05, 3.63) is 12.2 Å². The normalized spacial score (nSPS) is 41.5. The second kappa shape index (κ2) is 3.33. The standard InChI is InChI=1S/C11H18O3/c1-10(2)9(12)5-7-11(14-10)6-3-4-8-13-11/h5,7,9,12H,3-4,6,8H2,1-2H3/t9-,11-/m0/s1. The van der Waals surface area contributed by atoms with E-state index in [4.69, 9.17) is 9.47 Å². The Balaban J connectivity index is 2.18. The van der Waals surface area contributed by atoms with Gasteiger partial charge in [-0.15, -0.1) is 0 Å². The molecular formula is C11H18O3. The summed E-state index contributed by atoms with van der Waals surface area (Å²) in [5, 5.41) is 9.68. The Kier molecular flexibility index (Phi) is 2.41. The van der Waals surface area contributed by atoms with Crippen molar-refractivity contribution in [1.82, 2.24) is 0 Å². The molecule has 80 valence electrons. The van der Waals surface area contributed by atoms with Gasteiger partial charge in [0, 0.05) is 6.42 Å². The van der Waals surface area contributed by atoms with Gasteiger partial charge in [-0.2, -0.15) is 0 Å². The summed E-state index contributed by atoms with van der Waals surface area (Å²) < 4.78 is 11.5. The molecule has 2 aliphatic rings. The van der Waals surface area contributed by atoms with Crippen LogP contribution in [0.15, 0.2) is 12.2 Å². The minimum atomic E-state index is -0.568. The summed E-state index contributed by atoms with van der Waals surface area (Å²) in [6.07, 6.45) is 6.22. The SMILES string of the molecule is CC1(C)O[C@]2(C=C[C@@H]1O)CCCCO2. The first-order valence-electron chi connectivity index (χ1n) is 5.26. The molecule has 1 fully saturated rings. The lowest BCUT2D eigenvalue weighted by Gasteiger charge is -2.45. The molecule has 0 aromatic heterocycles. The van der Waals surface area contributed by atoms with Crippen molar-refractivity contribution in [2.75, 3.05) is 6.61 Å². The second-order valence-electron chi connectivity index (χ2n) is 4.63. The largest absolute Gasteiger partial charge is 0.386 e. The predicted octanol–water partition coefficient (Wildman–Crippen LogP) is 1.61. The van der Waals surface area contributed by atoms with E-state index >= 15 is 0 Å². The number of aliphatic hydroxyl groups is 1. The lowest BCUT2D eigenvalue weighted by Crippen LogP contribution is -2.52. The van der Waals surface area contributed by atoms with E-state index in [9.17, 15) is 5.11 Å². The Morgan fingerprint density at radius 3 is 2.71 bits per heavy atom. The van der Waals surface area contributed by atoms with Crippen LogP contribution in [-0.2, 0) is 9.47 Å². The van der Waals surface area contributed by atoms with Gasteiger partial charge in [0.2, 0.25) is 0 Å². The second-order valence-corrected chi connectivity index (χ2v) is 4.63. The Morgan fingerprint density at radius 2 is 2.14 bits per heavy atom. The van der Waals surface area contributed by atoms with Crippen LogP contribution in [0.4, 0.5) is 0 Å². The molecule has 1 spiro atoms. The highest BCUT2D eigenvalue weighted by molar-refractivity contribution is 5.10. The monoisotopic (exact) mass is 198 g/mol. The summed E-state index contributed by atoms with van der Waals surface area (Å²) in [7, 11) is 0. The van der Waals surface area contributed by atoms with Crippen LogP contribution in [0.3, 0.4) is 0 Å². The lowest BCUT2D eigenvalue weighted by molar-refractivity contribution is -0.289. The fraction of sp³-hybridized carbons (Fsp3) is 0.818. The molecule has 2 heterocycles. The molecule has 3 nitrogen and oxygen atoms in total. The minimum Gasteiger partial charge on any atom is -0.386 e. The van der Waals surface area contributed by atoms with Gasteiger partial charge >= 0.3 is 0 Å². The van der Waals surface area contributed by atoms with Crippen LogP contribution in [0.2, 0.25) is 0 Å². The highest BCUT2D eigenvalue weighted by atomic mass is 16.7. The molecule has 0 radical (unpaired) electrons. The minimum absolute atomic E-state index is 0.543. The summed E-state index contributed by atoms with van der Waals surface area (Å²) in [4.78, 5) is 0. The van der Waals surface area contributed by atoms with Crippen LogP contribution in [0.1, 0.15) is 33.1 Å². The topological polar surface area (TPSA) is 38.7 Å². The van der Waals surface area contributed by atoms with Gasteiger partial charge in [-0.3, -0.25) is 0 Å². The molecule has 0 unspecified atom stereocenters. The molecule has 2 atom stereocenters. The van der Waals surface area contributed by atoms with Crippen LogP contribution in [0.25, 0.3) is 0 Å². The molecule has 0 amide bonds. The molecule has 14 heavy (non-hydrogen) atoms. The number of ether oxygens (including phenoxy) is 2. The molecule has 2 rings (SSSR count). The third-order valence-corrected chi connectivity index (χ3v) is 2.95. The van der Waals surface area contributed by atoms with Crippen molar-refractivity contribution in [3.63, 3.8) is 0 Å². The van der Waals surface area contributed by atoms with Crippen LogP contribution < -0.4 is 0 Å². The highest BCUT2D eigenvalue weighted by Gasteiger charge is 2.43. The van der Waals surface area contributed by atoms with Crippen LogP contribution >= 0.6 is 0 Å². The first kappa shape index (κ1) is 10.1. The van der Waals surface area contributed by atoms with Gasteiger partial charge in [0.25, 0.3) is 0 Å². The summed E-state index contributed by atoms with van der Waals surface area (Å²) in [5.74, 6) is -0.568. The average molecular weight is 198 g/mol.